The number of hydrogen-bond acceptors (Lipinski definition) is 0. The Balaban J connectivity index is 2.02. The summed E-state index contributed by atoms with van der Waals surface area (Å²) in [5, 5.41) is 0. The molecule has 2 aliphatic carbocycles. The summed E-state index contributed by atoms with van der Waals surface area (Å²) in [7, 11) is 0. The van der Waals surface area contributed by atoms with Crippen molar-refractivity contribution < 1.29 is 0 Å². The maximum absolute atomic E-state index is 7.38. The Morgan fingerprint density at radius 2 is 1.43 bits per heavy atom. The lowest BCUT2D eigenvalue weighted by molar-refractivity contribution is 1.60. The zero-order valence-corrected chi connectivity index (χ0v) is 12.3. The van der Waals surface area contributed by atoms with Crippen molar-refractivity contribution in [1.29, 1.82) is 0 Å². The van der Waals surface area contributed by atoms with Crippen LogP contribution >= 0.6 is 0 Å². The molecule has 0 heteroatoms. The zero-order chi connectivity index (χ0) is 15.8. The van der Waals surface area contributed by atoms with Crippen molar-refractivity contribution in [3.05, 3.63) is 107 Å². The van der Waals surface area contributed by atoms with Gasteiger partial charge in [-0.15, -0.1) is 41.1 Å². The molecule has 0 amide bonds. The van der Waals surface area contributed by atoms with Crippen molar-refractivity contribution >= 4 is 5.57 Å². The average Bonchev–Trinajstić information content (AvgIpc) is 3.21. The topological polar surface area (TPSA) is 0 Å². The number of rotatable bonds is 1. The molecular weight excluding hydrogens is 276 g/mol. The molecule has 0 spiro atoms. The van der Waals surface area contributed by atoms with Crippen molar-refractivity contribution in [3.63, 3.8) is 0 Å². The van der Waals surface area contributed by atoms with Gasteiger partial charge in [0.15, 0.2) is 0 Å². The van der Waals surface area contributed by atoms with Crippen LogP contribution < -0.4 is 0 Å². The van der Waals surface area contributed by atoms with E-state index in [2.05, 4.69) is 23.6 Å². The van der Waals surface area contributed by atoms with E-state index in [1.165, 1.54) is 0 Å². The maximum Gasteiger partial charge on any atom is 0.0171 e. The molecule has 2 aromatic carbocycles. The second-order valence-electron chi connectivity index (χ2n) is 5.45. The van der Waals surface area contributed by atoms with Gasteiger partial charge in [-0.25, -0.2) is 0 Å². The van der Waals surface area contributed by atoms with Crippen molar-refractivity contribution in [2.24, 2.45) is 0 Å². The van der Waals surface area contributed by atoms with Crippen LogP contribution in [0, 0.1) is 24.7 Å². The third-order valence-electron chi connectivity index (χ3n) is 4.12. The number of benzene rings is 2. The SMILES string of the molecule is [C-]#Cc1ccc2c(c1)C(=CC1=C=CC=C1)c1cc(C#[C-])ccc1-2. The predicted molar refractivity (Wildman–Crippen MR) is 92.2 cm³/mol. The van der Waals surface area contributed by atoms with Crippen molar-refractivity contribution in [2.45, 2.75) is 0 Å². The van der Waals surface area contributed by atoms with Gasteiger partial charge in [0, 0.05) is 5.57 Å². The second-order valence-corrected chi connectivity index (χ2v) is 5.45. The molecule has 0 bridgehead atoms. The first kappa shape index (κ1) is 13.2. The molecule has 0 saturated heterocycles. The molecule has 104 valence electrons. The molecule has 0 saturated carbocycles. The number of fused-ring (bicyclic) bond motifs is 3. The van der Waals surface area contributed by atoms with Gasteiger partial charge in [0.25, 0.3) is 0 Å². The van der Waals surface area contributed by atoms with Crippen LogP contribution in [0.1, 0.15) is 22.3 Å². The summed E-state index contributed by atoms with van der Waals surface area (Å²) in [6, 6.07) is 11.9. The first-order valence-electron chi connectivity index (χ1n) is 7.30. The van der Waals surface area contributed by atoms with E-state index in [0.29, 0.717) is 0 Å². The van der Waals surface area contributed by atoms with E-state index in [1.54, 1.807) is 0 Å². The standard InChI is InChI=1S/C23H10/c1-3-16-9-11-19-20-12-10-17(4-2)14-22(20)23(21(19)13-16)15-18-7-5-6-8-18/h5-7,9-15H/q-2. The van der Waals surface area contributed by atoms with Crippen molar-refractivity contribution in [1.82, 2.24) is 0 Å². The summed E-state index contributed by atoms with van der Waals surface area (Å²) < 4.78 is 0. The minimum atomic E-state index is 0.757. The van der Waals surface area contributed by atoms with Crippen LogP contribution in [0.25, 0.3) is 16.7 Å². The largest absolute Gasteiger partial charge is 0.366 e. The van der Waals surface area contributed by atoms with Gasteiger partial charge in [-0.05, 0) is 46.1 Å². The Labute approximate surface area is 136 Å². The van der Waals surface area contributed by atoms with E-state index in [1.807, 2.05) is 54.6 Å². The Bertz CT molecular complexity index is 985. The lowest BCUT2D eigenvalue weighted by Gasteiger charge is -2.08. The summed E-state index contributed by atoms with van der Waals surface area (Å²) in [6.45, 7) is 0. The quantitative estimate of drug-likeness (QED) is 0.348. The third-order valence-corrected chi connectivity index (χ3v) is 4.12. The highest BCUT2D eigenvalue weighted by Gasteiger charge is 2.21. The molecule has 0 N–H and O–H groups in total. The van der Waals surface area contributed by atoms with Crippen LogP contribution in [0.15, 0.2) is 72.0 Å². The van der Waals surface area contributed by atoms with Gasteiger partial charge in [-0.1, -0.05) is 18.2 Å². The van der Waals surface area contributed by atoms with Gasteiger partial charge < -0.3 is 12.8 Å². The summed E-state index contributed by atoms with van der Waals surface area (Å²) in [5.41, 5.74) is 11.3. The van der Waals surface area contributed by atoms with Crippen LogP contribution in [0.2, 0.25) is 0 Å². The van der Waals surface area contributed by atoms with Crippen molar-refractivity contribution in [3.8, 4) is 23.0 Å². The van der Waals surface area contributed by atoms with E-state index in [4.69, 9.17) is 12.8 Å². The van der Waals surface area contributed by atoms with Crippen LogP contribution in [0.3, 0.4) is 0 Å². The van der Waals surface area contributed by atoms with Gasteiger partial charge in [-0.2, -0.15) is 0 Å². The fourth-order valence-corrected chi connectivity index (χ4v) is 3.05. The summed E-state index contributed by atoms with van der Waals surface area (Å²) in [5.74, 6) is 4.92. The Morgan fingerprint density at radius 3 is 1.91 bits per heavy atom. The average molecular weight is 286 g/mol. The molecule has 0 atom stereocenters. The van der Waals surface area contributed by atoms with Gasteiger partial charge in [0.2, 0.25) is 0 Å². The third kappa shape index (κ3) is 2.07. The van der Waals surface area contributed by atoms with Crippen LogP contribution in [-0.4, -0.2) is 0 Å². The smallest absolute Gasteiger partial charge is 0.0171 e. The summed E-state index contributed by atoms with van der Waals surface area (Å²) >= 11 is 0. The second kappa shape index (κ2) is 5.08. The molecule has 0 fully saturated rings. The highest BCUT2D eigenvalue weighted by atomic mass is 14.3. The van der Waals surface area contributed by atoms with Gasteiger partial charge in [0.1, 0.15) is 0 Å². The lowest BCUT2D eigenvalue weighted by Crippen LogP contribution is -1.85. The molecule has 4 rings (SSSR count). The maximum atomic E-state index is 7.38. The fourth-order valence-electron chi connectivity index (χ4n) is 3.05. The molecule has 23 heavy (non-hydrogen) atoms. The minimum absolute atomic E-state index is 0.757. The van der Waals surface area contributed by atoms with Gasteiger partial charge >= 0.3 is 0 Å². The first-order chi connectivity index (χ1) is 11.3. The molecule has 0 nitrogen and oxygen atoms in total. The molecule has 0 aliphatic heterocycles. The Hall–Kier alpha value is -3.44. The van der Waals surface area contributed by atoms with Crippen LogP contribution in [0.5, 0.6) is 0 Å². The minimum Gasteiger partial charge on any atom is -0.366 e. The summed E-state index contributed by atoms with van der Waals surface area (Å²) in [6.07, 6.45) is 22.7. The monoisotopic (exact) mass is 286 g/mol. The molecule has 2 aromatic rings. The molecule has 0 unspecified atom stereocenters. The predicted octanol–water partition coefficient (Wildman–Crippen LogP) is 4.63. The van der Waals surface area contributed by atoms with E-state index >= 15 is 0 Å². The number of hydrogen-bond donors (Lipinski definition) is 0. The highest BCUT2D eigenvalue weighted by Crippen LogP contribution is 2.45. The van der Waals surface area contributed by atoms with Crippen LogP contribution in [0.4, 0.5) is 0 Å². The molecule has 2 aliphatic rings. The molecule has 0 heterocycles. The normalized spacial score (nSPS) is 13.1. The highest BCUT2D eigenvalue weighted by molar-refractivity contribution is 6.02. The Kier molecular flexibility index (Phi) is 2.92. The van der Waals surface area contributed by atoms with Crippen LogP contribution in [-0.2, 0) is 0 Å². The lowest BCUT2D eigenvalue weighted by atomic mass is 9.99. The van der Waals surface area contributed by atoms with E-state index in [9.17, 15) is 0 Å². The van der Waals surface area contributed by atoms with E-state index in [-0.39, 0.29) is 0 Å². The molecule has 0 aromatic heterocycles. The number of allylic oxidation sites excluding steroid dienone is 4. The van der Waals surface area contributed by atoms with E-state index in [0.717, 1.165) is 44.5 Å². The van der Waals surface area contributed by atoms with Gasteiger partial charge in [-0.3, -0.25) is 11.8 Å². The molecular formula is C23H10-2. The van der Waals surface area contributed by atoms with Gasteiger partial charge in [0.05, 0.1) is 0 Å². The first-order valence-corrected chi connectivity index (χ1v) is 7.30. The van der Waals surface area contributed by atoms with E-state index < -0.39 is 0 Å². The molecule has 0 radical (unpaired) electrons. The zero-order valence-electron chi connectivity index (χ0n) is 12.3. The fraction of sp³-hybridized carbons (Fsp3) is 0. The summed E-state index contributed by atoms with van der Waals surface area (Å²) in [4.78, 5) is 0. The van der Waals surface area contributed by atoms with Crippen molar-refractivity contribution in [2.75, 3.05) is 0 Å². The Morgan fingerprint density at radius 1 is 0.826 bits per heavy atom.